The average Bonchev–Trinajstić information content (AvgIpc) is 3.49. The normalized spacial score (nSPS) is 12.7. The zero-order valence-corrected chi connectivity index (χ0v) is 30.5. The van der Waals surface area contributed by atoms with Crippen molar-refractivity contribution in [1.29, 1.82) is 0 Å². The van der Waals surface area contributed by atoms with Gasteiger partial charge in [-0.2, -0.15) is 0 Å². The van der Waals surface area contributed by atoms with Gasteiger partial charge in [0.1, 0.15) is 0 Å². The van der Waals surface area contributed by atoms with Crippen LogP contribution in [-0.4, -0.2) is 24.9 Å². The average molecular weight is 706 g/mol. The number of benzene rings is 7. The van der Waals surface area contributed by atoms with Crippen LogP contribution in [0.2, 0.25) is 0 Å². The van der Waals surface area contributed by atoms with Gasteiger partial charge in [0.25, 0.3) is 0 Å². The van der Waals surface area contributed by atoms with Crippen molar-refractivity contribution in [3.63, 3.8) is 0 Å². The fourth-order valence-electron chi connectivity index (χ4n) is 7.92. The summed E-state index contributed by atoms with van der Waals surface area (Å²) in [5.41, 5.74) is 13.6. The van der Waals surface area contributed by atoms with E-state index in [9.17, 15) is 0 Å². The Bertz CT molecular complexity index is 2810. The van der Waals surface area contributed by atoms with Gasteiger partial charge < -0.3 is 0 Å². The van der Waals surface area contributed by atoms with Crippen LogP contribution in [0, 0.1) is 0 Å². The molecule has 2 heterocycles. The molecule has 0 radical (unpaired) electrons. The lowest BCUT2D eigenvalue weighted by Crippen LogP contribution is -2.15. The molecule has 0 aliphatic heterocycles. The van der Waals surface area contributed by atoms with E-state index in [0.29, 0.717) is 23.3 Å². The topological polar surface area (TPSA) is 64.5 Å². The molecule has 0 saturated heterocycles. The molecular formula is C50H35N5. The van der Waals surface area contributed by atoms with E-state index in [0.717, 1.165) is 44.4 Å². The third kappa shape index (κ3) is 5.69. The molecule has 9 aromatic rings. The Labute approximate surface area is 320 Å². The monoisotopic (exact) mass is 705 g/mol. The summed E-state index contributed by atoms with van der Waals surface area (Å²) in [6, 6.07) is 60.8. The Morgan fingerprint density at radius 2 is 0.873 bits per heavy atom. The highest BCUT2D eigenvalue weighted by Crippen LogP contribution is 2.52. The number of aromatic nitrogens is 5. The van der Waals surface area contributed by atoms with Crippen LogP contribution in [0.25, 0.3) is 90.0 Å². The fraction of sp³-hybridized carbons (Fsp3) is 0.0600. The Kier molecular flexibility index (Phi) is 7.74. The molecule has 7 aromatic carbocycles. The second kappa shape index (κ2) is 13.1. The molecule has 0 fully saturated rings. The van der Waals surface area contributed by atoms with E-state index in [1.54, 1.807) is 0 Å². The number of hydrogen-bond acceptors (Lipinski definition) is 5. The third-order valence-corrected chi connectivity index (χ3v) is 10.8. The lowest BCUT2D eigenvalue weighted by molar-refractivity contribution is 0.660. The number of para-hydroxylation sites is 1. The Morgan fingerprint density at radius 1 is 0.345 bits per heavy atom. The summed E-state index contributed by atoms with van der Waals surface area (Å²) in [6.45, 7) is 4.59. The predicted octanol–water partition coefficient (Wildman–Crippen LogP) is 12.1. The second-order valence-electron chi connectivity index (χ2n) is 14.5. The van der Waals surface area contributed by atoms with Gasteiger partial charge in [-0.15, -0.1) is 0 Å². The minimum atomic E-state index is -0.290. The number of fused-ring (bicyclic) bond motifs is 4. The maximum atomic E-state index is 5.35. The van der Waals surface area contributed by atoms with E-state index in [2.05, 4.69) is 117 Å². The SMILES string of the molecule is CC1(C)c2cc(-c3nc(-c4ccccc4)nc(-c4ccccc4)n3)ccc2-c2c(-c3nc(-c4ccc(-c5ccccc5)cc4)c4ccccc4n3)cccc21. The van der Waals surface area contributed by atoms with Gasteiger partial charge in [-0.1, -0.05) is 178 Å². The largest absolute Gasteiger partial charge is 0.228 e. The first kappa shape index (κ1) is 32.5. The van der Waals surface area contributed by atoms with Gasteiger partial charge in [-0.3, -0.25) is 0 Å². The number of nitrogens with zero attached hydrogens (tertiary/aromatic N) is 5. The molecule has 0 atom stereocenters. The summed E-state index contributed by atoms with van der Waals surface area (Å²) in [4.78, 5) is 25.5. The van der Waals surface area contributed by atoms with Crippen LogP contribution >= 0.6 is 0 Å². The Hall–Kier alpha value is -7.11. The highest BCUT2D eigenvalue weighted by molar-refractivity contribution is 5.97. The molecule has 0 saturated carbocycles. The second-order valence-corrected chi connectivity index (χ2v) is 14.5. The maximum absolute atomic E-state index is 5.35. The van der Waals surface area contributed by atoms with Crippen LogP contribution in [0.4, 0.5) is 0 Å². The molecule has 0 spiro atoms. The molecule has 5 heteroatoms. The van der Waals surface area contributed by atoms with Crippen LogP contribution in [0.3, 0.4) is 0 Å². The van der Waals surface area contributed by atoms with E-state index in [-0.39, 0.29) is 5.41 Å². The summed E-state index contributed by atoms with van der Waals surface area (Å²) in [5, 5.41) is 1.03. The first-order valence-corrected chi connectivity index (χ1v) is 18.6. The van der Waals surface area contributed by atoms with Crippen molar-refractivity contribution in [3.05, 3.63) is 187 Å². The smallest absolute Gasteiger partial charge is 0.164 e. The maximum Gasteiger partial charge on any atom is 0.164 e. The van der Waals surface area contributed by atoms with Gasteiger partial charge in [0.05, 0.1) is 11.2 Å². The van der Waals surface area contributed by atoms with Gasteiger partial charge >= 0.3 is 0 Å². The summed E-state index contributed by atoms with van der Waals surface area (Å²) in [7, 11) is 0. The van der Waals surface area contributed by atoms with E-state index in [1.807, 2.05) is 72.8 Å². The van der Waals surface area contributed by atoms with Gasteiger partial charge in [0, 0.05) is 38.6 Å². The van der Waals surface area contributed by atoms with Crippen LogP contribution in [-0.2, 0) is 5.41 Å². The van der Waals surface area contributed by atoms with Crippen molar-refractivity contribution in [2.24, 2.45) is 0 Å². The van der Waals surface area contributed by atoms with Crippen molar-refractivity contribution < 1.29 is 0 Å². The van der Waals surface area contributed by atoms with Gasteiger partial charge in [0.2, 0.25) is 0 Å². The first-order valence-electron chi connectivity index (χ1n) is 18.6. The molecule has 0 bridgehead atoms. The molecule has 0 unspecified atom stereocenters. The lowest BCUT2D eigenvalue weighted by Gasteiger charge is -2.22. The van der Waals surface area contributed by atoms with E-state index < -0.39 is 0 Å². The predicted molar refractivity (Wildman–Crippen MR) is 223 cm³/mol. The third-order valence-electron chi connectivity index (χ3n) is 10.8. The molecule has 1 aliphatic rings. The lowest BCUT2D eigenvalue weighted by atomic mass is 9.81. The van der Waals surface area contributed by atoms with Crippen molar-refractivity contribution in [1.82, 2.24) is 24.9 Å². The van der Waals surface area contributed by atoms with Crippen molar-refractivity contribution >= 4 is 10.9 Å². The summed E-state index contributed by atoms with van der Waals surface area (Å²) < 4.78 is 0. The van der Waals surface area contributed by atoms with Crippen molar-refractivity contribution in [3.8, 4) is 79.1 Å². The van der Waals surface area contributed by atoms with Gasteiger partial charge in [-0.25, -0.2) is 24.9 Å². The quantitative estimate of drug-likeness (QED) is 0.172. The minimum absolute atomic E-state index is 0.290. The fourth-order valence-corrected chi connectivity index (χ4v) is 7.92. The molecular weight excluding hydrogens is 671 g/mol. The highest BCUT2D eigenvalue weighted by atomic mass is 15.0. The minimum Gasteiger partial charge on any atom is -0.228 e. The van der Waals surface area contributed by atoms with Crippen LogP contribution < -0.4 is 0 Å². The molecule has 1 aliphatic carbocycles. The van der Waals surface area contributed by atoms with Crippen LogP contribution in [0.5, 0.6) is 0 Å². The molecule has 10 rings (SSSR count). The van der Waals surface area contributed by atoms with E-state index in [1.165, 1.54) is 33.4 Å². The van der Waals surface area contributed by atoms with E-state index in [4.69, 9.17) is 24.9 Å². The highest BCUT2D eigenvalue weighted by Gasteiger charge is 2.38. The molecule has 2 aromatic heterocycles. The molecule has 55 heavy (non-hydrogen) atoms. The van der Waals surface area contributed by atoms with Gasteiger partial charge in [0.15, 0.2) is 23.3 Å². The first-order chi connectivity index (χ1) is 27.0. The zero-order chi connectivity index (χ0) is 36.9. The standard InChI is InChI=1S/C50H35N5/c1-50(2)41-23-14-22-40(49-51-43-24-13-12-21-39(43)45(52-49)34-27-25-33(26-28-34)32-15-6-3-7-16-32)44(41)38-30-29-37(31-42(38)50)48-54-46(35-17-8-4-9-18-35)53-47(55-48)36-19-10-5-11-20-36/h3-31H,1-2H3. The Balaban J connectivity index is 1.10. The van der Waals surface area contributed by atoms with Crippen molar-refractivity contribution in [2.75, 3.05) is 0 Å². The van der Waals surface area contributed by atoms with Crippen LogP contribution in [0.15, 0.2) is 176 Å². The molecule has 260 valence electrons. The van der Waals surface area contributed by atoms with Crippen LogP contribution in [0.1, 0.15) is 25.0 Å². The molecule has 0 amide bonds. The summed E-state index contributed by atoms with van der Waals surface area (Å²) in [5.74, 6) is 2.65. The summed E-state index contributed by atoms with van der Waals surface area (Å²) in [6.07, 6.45) is 0. The van der Waals surface area contributed by atoms with E-state index >= 15 is 0 Å². The summed E-state index contributed by atoms with van der Waals surface area (Å²) >= 11 is 0. The number of rotatable bonds is 6. The van der Waals surface area contributed by atoms with Crippen molar-refractivity contribution in [2.45, 2.75) is 19.3 Å². The molecule has 5 nitrogen and oxygen atoms in total. The number of hydrogen-bond donors (Lipinski definition) is 0. The zero-order valence-electron chi connectivity index (χ0n) is 30.5. The van der Waals surface area contributed by atoms with Gasteiger partial charge in [-0.05, 0) is 45.5 Å². The Morgan fingerprint density at radius 3 is 1.53 bits per heavy atom. The molecule has 0 N–H and O–H groups in total.